The summed E-state index contributed by atoms with van der Waals surface area (Å²) in [6.45, 7) is 9.52. The summed E-state index contributed by atoms with van der Waals surface area (Å²) < 4.78 is 11.7. The SMILES string of the molecule is CC[C@H](C)[C@@H]1NC(=O)[C@@H]2[C@@H](CCN2C(=O)OC(C)(C)C)Oc2ccc(cc2)/C=C\NC1=O. The second kappa shape index (κ2) is 9.63. The number of nitrogens with zero attached hydrogens (tertiary/aromatic N) is 1. The van der Waals surface area contributed by atoms with E-state index < -0.39 is 35.8 Å². The van der Waals surface area contributed by atoms with Gasteiger partial charge in [-0.1, -0.05) is 32.4 Å². The first-order valence-electron chi connectivity index (χ1n) is 11.1. The summed E-state index contributed by atoms with van der Waals surface area (Å²) in [6, 6.07) is 5.68. The van der Waals surface area contributed by atoms with Crippen LogP contribution in [-0.4, -0.2) is 53.1 Å². The van der Waals surface area contributed by atoms with Crippen molar-refractivity contribution in [3.8, 4) is 5.75 Å². The van der Waals surface area contributed by atoms with Gasteiger partial charge in [-0.15, -0.1) is 0 Å². The van der Waals surface area contributed by atoms with Crippen molar-refractivity contribution in [2.75, 3.05) is 6.54 Å². The smallest absolute Gasteiger partial charge is 0.411 e. The predicted molar refractivity (Wildman–Crippen MR) is 121 cm³/mol. The monoisotopic (exact) mass is 443 g/mol. The van der Waals surface area contributed by atoms with Crippen molar-refractivity contribution in [1.82, 2.24) is 15.5 Å². The third-order valence-electron chi connectivity index (χ3n) is 5.70. The Hall–Kier alpha value is -3.03. The fourth-order valence-corrected chi connectivity index (χ4v) is 3.81. The van der Waals surface area contributed by atoms with Gasteiger partial charge in [0.2, 0.25) is 11.8 Å². The summed E-state index contributed by atoms with van der Waals surface area (Å²) in [5.41, 5.74) is 0.201. The molecule has 4 rings (SSSR count). The van der Waals surface area contributed by atoms with Gasteiger partial charge in [0.25, 0.3) is 0 Å². The van der Waals surface area contributed by atoms with Gasteiger partial charge < -0.3 is 20.1 Å². The molecule has 0 aromatic heterocycles. The highest BCUT2D eigenvalue weighted by molar-refractivity contribution is 5.92. The number of nitrogens with one attached hydrogen (secondary N) is 2. The van der Waals surface area contributed by atoms with Crippen LogP contribution < -0.4 is 15.4 Å². The van der Waals surface area contributed by atoms with E-state index in [9.17, 15) is 14.4 Å². The van der Waals surface area contributed by atoms with Crippen molar-refractivity contribution >= 4 is 24.0 Å². The van der Waals surface area contributed by atoms with Gasteiger partial charge in [-0.25, -0.2) is 4.79 Å². The molecular weight excluding hydrogens is 410 g/mol. The number of rotatable bonds is 2. The third kappa shape index (κ3) is 5.60. The molecule has 0 aliphatic carbocycles. The number of hydrogen-bond acceptors (Lipinski definition) is 5. The number of fused-ring (bicyclic) bond motifs is 7. The Bertz CT molecular complexity index is 875. The lowest BCUT2D eigenvalue weighted by molar-refractivity contribution is -0.133. The highest BCUT2D eigenvalue weighted by Crippen LogP contribution is 2.27. The molecule has 8 nitrogen and oxygen atoms in total. The highest BCUT2D eigenvalue weighted by Gasteiger charge is 2.46. The Labute approximate surface area is 189 Å². The third-order valence-corrected chi connectivity index (χ3v) is 5.70. The Morgan fingerprint density at radius 2 is 1.91 bits per heavy atom. The maximum atomic E-state index is 13.4. The van der Waals surface area contributed by atoms with Crippen LogP contribution in [0.3, 0.4) is 0 Å². The number of amides is 3. The van der Waals surface area contributed by atoms with Crippen LogP contribution in [0.2, 0.25) is 0 Å². The molecule has 0 unspecified atom stereocenters. The van der Waals surface area contributed by atoms with E-state index in [0.717, 1.165) is 5.56 Å². The van der Waals surface area contributed by atoms with Gasteiger partial charge in [0.15, 0.2) is 6.04 Å². The first-order valence-corrected chi connectivity index (χ1v) is 11.1. The molecule has 0 radical (unpaired) electrons. The normalized spacial score (nSPS) is 25.7. The quantitative estimate of drug-likeness (QED) is 0.732. The number of hydrogen-bond donors (Lipinski definition) is 2. The van der Waals surface area contributed by atoms with E-state index >= 15 is 0 Å². The summed E-state index contributed by atoms with van der Waals surface area (Å²) >= 11 is 0. The van der Waals surface area contributed by atoms with Gasteiger partial charge in [-0.3, -0.25) is 14.5 Å². The van der Waals surface area contributed by atoms with Crippen LogP contribution in [0.1, 0.15) is 53.0 Å². The molecular formula is C24H33N3O5. The fourth-order valence-electron chi connectivity index (χ4n) is 3.81. The minimum atomic E-state index is -0.914. The minimum absolute atomic E-state index is 0.103. The van der Waals surface area contributed by atoms with E-state index in [1.807, 2.05) is 26.0 Å². The van der Waals surface area contributed by atoms with Crippen molar-refractivity contribution in [1.29, 1.82) is 0 Å². The number of likely N-dealkylation sites (tertiary alicyclic amines) is 1. The number of carbonyl (C=O) groups is 3. The first kappa shape index (κ1) is 23.6. The van der Waals surface area contributed by atoms with Crippen molar-refractivity contribution < 1.29 is 23.9 Å². The average molecular weight is 444 g/mol. The Morgan fingerprint density at radius 3 is 2.53 bits per heavy atom. The Morgan fingerprint density at radius 1 is 1.22 bits per heavy atom. The molecule has 2 N–H and O–H groups in total. The fraction of sp³-hybridized carbons (Fsp3) is 0.542. The summed E-state index contributed by atoms with van der Waals surface area (Å²) in [4.78, 5) is 40.6. The number of carbonyl (C=O) groups excluding carboxylic acids is 3. The van der Waals surface area contributed by atoms with Crippen molar-refractivity contribution in [2.24, 2.45) is 5.92 Å². The van der Waals surface area contributed by atoms with E-state index in [-0.39, 0.29) is 11.8 Å². The standard InChI is InChI=1S/C24H33N3O5/c1-6-15(2)19-21(28)25-13-11-16-7-9-17(10-8-16)31-18-12-14-27(20(18)22(29)26-19)23(30)32-24(3,4)5/h7-11,13,15,18-20H,6,12,14H2,1-5H3,(H,25,28)(H,26,29)/b13-11-/t15-,18+,19-,20-/m0/s1. The molecule has 0 spiro atoms. The molecule has 32 heavy (non-hydrogen) atoms. The van der Waals surface area contributed by atoms with Gasteiger partial charge in [0.1, 0.15) is 23.5 Å². The zero-order valence-electron chi connectivity index (χ0n) is 19.4. The number of ether oxygens (including phenoxy) is 2. The second-order valence-corrected chi connectivity index (χ2v) is 9.35. The van der Waals surface area contributed by atoms with Crippen molar-refractivity contribution in [3.63, 3.8) is 0 Å². The first-order chi connectivity index (χ1) is 15.1. The summed E-state index contributed by atoms with van der Waals surface area (Å²) in [5, 5.41) is 5.63. The van der Waals surface area contributed by atoms with Crippen molar-refractivity contribution in [3.05, 3.63) is 36.0 Å². The van der Waals surface area contributed by atoms with Gasteiger partial charge in [-0.05, 0) is 50.5 Å². The van der Waals surface area contributed by atoms with Gasteiger partial charge in [0.05, 0.1) is 0 Å². The minimum Gasteiger partial charge on any atom is -0.488 e. The largest absolute Gasteiger partial charge is 0.488 e. The Balaban J connectivity index is 1.96. The lowest BCUT2D eigenvalue weighted by atomic mass is 9.97. The van der Waals surface area contributed by atoms with E-state index in [1.54, 1.807) is 45.2 Å². The Kier molecular flexibility index (Phi) is 7.11. The molecule has 174 valence electrons. The molecule has 8 heteroatoms. The average Bonchev–Trinajstić information content (AvgIpc) is 3.14. The molecule has 3 amide bonds. The summed E-state index contributed by atoms with van der Waals surface area (Å²) in [5.74, 6) is -0.238. The maximum Gasteiger partial charge on any atom is 0.411 e. The molecule has 1 aromatic rings. The zero-order valence-corrected chi connectivity index (χ0v) is 19.4. The van der Waals surface area contributed by atoms with E-state index in [1.165, 1.54) is 4.90 Å². The number of benzene rings is 1. The summed E-state index contributed by atoms with van der Waals surface area (Å²) in [7, 11) is 0. The zero-order chi connectivity index (χ0) is 23.5. The molecule has 1 saturated heterocycles. The molecule has 3 aliphatic rings. The molecule has 4 atom stereocenters. The van der Waals surface area contributed by atoms with Crippen molar-refractivity contribution in [2.45, 2.75) is 71.2 Å². The van der Waals surface area contributed by atoms with Crippen LogP contribution in [0.25, 0.3) is 6.08 Å². The predicted octanol–water partition coefficient (Wildman–Crippen LogP) is 3.07. The second-order valence-electron chi connectivity index (χ2n) is 9.35. The highest BCUT2D eigenvalue weighted by atomic mass is 16.6. The van der Waals surface area contributed by atoms with Gasteiger partial charge in [0, 0.05) is 19.2 Å². The van der Waals surface area contributed by atoms with Crippen LogP contribution in [0.4, 0.5) is 4.79 Å². The topological polar surface area (TPSA) is 97.0 Å². The molecule has 0 saturated carbocycles. The molecule has 2 bridgehead atoms. The van der Waals surface area contributed by atoms with Gasteiger partial charge in [-0.2, -0.15) is 0 Å². The maximum absolute atomic E-state index is 13.4. The van der Waals surface area contributed by atoms with E-state index in [0.29, 0.717) is 25.1 Å². The lowest BCUT2D eigenvalue weighted by Gasteiger charge is -2.32. The molecule has 3 aliphatic heterocycles. The molecule has 3 heterocycles. The van der Waals surface area contributed by atoms with E-state index in [4.69, 9.17) is 9.47 Å². The van der Waals surface area contributed by atoms with Gasteiger partial charge >= 0.3 is 6.09 Å². The summed E-state index contributed by atoms with van der Waals surface area (Å²) in [6.07, 6.45) is 3.38. The molecule has 1 fully saturated rings. The van der Waals surface area contributed by atoms with Crippen LogP contribution in [0, 0.1) is 5.92 Å². The van der Waals surface area contributed by atoms with Crippen LogP contribution in [-0.2, 0) is 14.3 Å². The molecule has 1 aromatic carbocycles. The van der Waals surface area contributed by atoms with Crippen LogP contribution in [0.5, 0.6) is 5.75 Å². The lowest BCUT2D eigenvalue weighted by Crippen LogP contribution is -2.58. The van der Waals surface area contributed by atoms with Crippen LogP contribution >= 0.6 is 0 Å². The van der Waals surface area contributed by atoms with Crippen LogP contribution in [0.15, 0.2) is 30.5 Å². The van der Waals surface area contributed by atoms with E-state index in [2.05, 4.69) is 10.6 Å².